The number of amides is 2. The van der Waals surface area contributed by atoms with Crippen LogP contribution in [0, 0.1) is 5.41 Å². The lowest BCUT2D eigenvalue weighted by Gasteiger charge is -2.23. The third-order valence-corrected chi connectivity index (χ3v) is 4.27. The van der Waals surface area contributed by atoms with E-state index in [0.717, 1.165) is 24.1 Å². The molecule has 0 saturated carbocycles. The fourth-order valence-electron chi connectivity index (χ4n) is 2.83. The lowest BCUT2D eigenvalue weighted by molar-refractivity contribution is -0.131. The fourth-order valence-corrected chi connectivity index (χ4v) is 2.83. The number of alkyl halides is 2. The van der Waals surface area contributed by atoms with E-state index in [1.165, 1.54) is 13.8 Å². The quantitative estimate of drug-likeness (QED) is 0.830. The zero-order valence-corrected chi connectivity index (χ0v) is 14.1. The average Bonchev–Trinajstić information content (AvgIpc) is 2.89. The SMILES string of the molecule is CC(C)(CC(F)F)C(=O)NCc1cccc(CN2CCCC2=O)c1. The van der Waals surface area contributed by atoms with Crippen LogP contribution < -0.4 is 5.32 Å². The van der Waals surface area contributed by atoms with Gasteiger partial charge >= 0.3 is 0 Å². The number of halogens is 2. The molecular weight excluding hydrogens is 314 g/mol. The maximum Gasteiger partial charge on any atom is 0.239 e. The molecule has 1 aromatic carbocycles. The molecule has 1 aromatic rings. The van der Waals surface area contributed by atoms with E-state index in [1.54, 1.807) is 0 Å². The topological polar surface area (TPSA) is 49.4 Å². The van der Waals surface area contributed by atoms with E-state index in [9.17, 15) is 18.4 Å². The van der Waals surface area contributed by atoms with Crippen LogP contribution in [0.25, 0.3) is 0 Å². The number of carbonyl (C=O) groups excluding carboxylic acids is 2. The molecule has 2 amide bonds. The van der Waals surface area contributed by atoms with E-state index in [2.05, 4.69) is 5.32 Å². The molecule has 0 aliphatic carbocycles. The van der Waals surface area contributed by atoms with Crippen LogP contribution in [-0.4, -0.2) is 29.7 Å². The van der Waals surface area contributed by atoms with E-state index < -0.39 is 18.3 Å². The molecule has 6 heteroatoms. The van der Waals surface area contributed by atoms with Crippen molar-refractivity contribution in [1.29, 1.82) is 0 Å². The minimum atomic E-state index is -2.51. The number of nitrogens with one attached hydrogen (secondary N) is 1. The van der Waals surface area contributed by atoms with Gasteiger partial charge in [0.05, 0.1) is 0 Å². The zero-order chi connectivity index (χ0) is 17.7. The first-order valence-corrected chi connectivity index (χ1v) is 8.20. The van der Waals surface area contributed by atoms with Crippen LogP contribution in [0.2, 0.25) is 0 Å². The summed E-state index contributed by atoms with van der Waals surface area (Å²) in [4.78, 5) is 25.6. The number of rotatable bonds is 7. The van der Waals surface area contributed by atoms with Crippen LogP contribution in [0.3, 0.4) is 0 Å². The second-order valence-corrected chi connectivity index (χ2v) is 6.90. The Morgan fingerprint density at radius 3 is 2.67 bits per heavy atom. The van der Waals surface area contributed by atoms with Crippen molar-refractivity contribution in [2.45, 2.75) is 52.6 Å². The van der Waals surface area contributed by atoms with E-state index in [-0.39, 0.29) is 18.4 Å². The molecule has 1 fully saturated rings. The molecule has 0 bridgehead atoms. The van der Waals surface area contributed by atoms with Crippen LogP contribution in [0.5, 0.6) is 0 Å². The first-order valence-electron chi connectivity index (χ1n) is 8.20. The van der Waals surface area contributed by atoms with Gasteiger partial charge in [-0.25, -0.2) is 8.78 Å². The van der Waals surface area contributed by atoms with Crippen molar-refractivity contribution in [3.05, 3.63) is 35.4 Å². The van der Waals surface area contributed by atoms with Gasteiger partial charge in [0.2, 0.25) is 18.2 Å². The van der Waals surface area contributed by atoms with Gasteiger partial charge in [0.25, 0.3) is 0 Å². The van der Waals surface area contributed by atoms with E-state index in [1.807, 2.05) is 29.2 Å². The molecule has 2 rings (SSSR count). The Morgan fingerprint density at radius 2 is 2.04 bits per heavy atom. The third kappa shape index (κ3) is 5.01. The minimum absolute atomic E-state index is 0.169. The Hall–Kier alpha value is -1.98. The summed E-state index contributed by atoms with van der Waals surface area (Å²) >= 11 is 0. The van der Waals surface area contributed by atoms with Crippen molar-refractivity contribution in [3.63, 3.8) is 0 Å². The van der Waals surface area contributed by atoms with Crippen LogP contribution >= 0.6 is 0 Å². The molecule has 1 saturated heterocycles. The van der Waals surface area contributed by atoms with Gasteiger partial charge in [0, 0.05) is 37.9 Å². The number of hydrogen-bond donors (Lipinski definition) is 1. The summed E-state index contributed by atoms with van der Waals surface area (Å²) < 4.78 is 25.0. The Labute approximate surface area is 141 Å². The Balaban J connectivity index is 1.92. The molecule has 0 aromatic heterocycles. The molecule has 0 radical (unpaired) electrons. The molecule has 24 heavy (non-hydrogen) atoms. The predicted octanol–water partition coefficient (Wildman–Crippen LogP) is 3.11. The predicted molar refractivity (Wildman–Crippen MR) is 87.3 cm³/mol. The zero-order valence-electron chi connectivity index (χ0n) is 14.1. The molecule has 1 aliphatic heterocycles. The summed E-state index contributed by atoms with van der Waals surface area (Å²) in [5.74, 6) is -0.217. The van der Waals surface area contributed by atoms with Crippen molar-refractivity contribution >= 4 is 11.8 Å². The lowest BCUT2D eigenvalue weighted by Crippen LogP contribution is -2.37. The van der Waals surface area contributed by atoms with Crippen LogP contribution in [0.4, 0.5) is 8.78 Å². The highest BCUT2D eigenvalue weighted by molar-refractivity contribution is 5.81. The Kier molecular flexibility index (Phi) is 5.91. The van der Waals surface area contributed by atoms with Crippen molar-refractivity contribution in [3.8, 4) is 0 Å². The highest BCUT2D eigenvalue weighted by Gasteiger charge is 2.30. The molecule has 0 unspecified atom stereocenters. The Bertz CT molecular complexity index is 602. The normalized spacial score (nSPS) is 15.2. The molecule has 0 spiro atoms. The van der Waals surface area contributed by atoms with E-state index >= 15 is 0 Å². The summed E-state index contributed by atoms with van der Waals surface area (Å²) in [7, 11) is 0. The highest BCUT2D eigenvalue weighted by atomic mass is 19.3. The number of hydrogen-bond acceptors (Lipinski definition) is 2. The first-order chi connectivity index (χ1) is 11.3. The van der Waals surface area contributed by atoms with Gasteiger partial charge in [0.1, 0.15) is 0 Å². The molecule has 1 heterocycles. The highest BCUT2D eigenvalue weighted by Crippen LogP contribution is 2.25. The maximum absolute atomic E-state index is 12.5. The number of benzene rings is 1. The van der Waals surface area contributed by atoms with Gasteiger partial charge in [-0.2, -0.15) is 0 Å². The van der Waals surface area contributed by atoms with Gasteiger partial charge in [-0.05, 0) is 17.5 Å². The van der Waals surface area contributed by atoms with E-state index in [4.69, 9.17) is 0 Å². The van der Waals surface area contributed by atoms with Gasteiger partial charge < -0.3 is 10.2 Å². The smallest absolute Gasteiger partial charge is 0.239 e. The van der Waals surface area contributed by atoms with Crippen molar-refractivity contribution in [2.75, 3.05) is 6.54 Å². The van der Waals surface area contributed by atoms with Crippen LogP contribution in [-0.2, 0) is 22.7 Å². The summed E-state index contributed by atoms with van der Waals surface area (Å²) in [5.41, 5.74) is 0.789. The standard InChI is InChI=1S/C18H24F2N2O2/c1-18(2,10-15(19)20)17(24)21-11-13-5-3-6-14(9-13)12-22-8-4-7-16(22)23/h3,5-6,9,15H,4,7-8,10-12H2,1-2H3,(H,21,24). The molecule has 0 atom stereocenters. The molecular formula is C18H24F2N2O2. The molecule has 132 valence electrons. The molecule has 1 aliphatic rings. The van der Waals surface area contributed by atoms with Gasteiger partial charge in [-0.1, -0.05) is 38.1 Å². The van der Waals surface area contributed by atoms with Crippen molar-refractivity contribution in [2.24, 2.45) is 5.41 Å². The monoisotopic (exact) mass is 338 g/mol. The minimum Gasteiger partial charge on any atom is -0.352 e. The first kappa shape index (κ1) is 18.4. The Morgan fingerprint density at radius 1 is 1.33 bits per heavy atom. The van der Waals surface area contributed by atoms with Crippen LogP contribution in [0.15, 0.2) is 24.3 Å². The van der Waals surface area contributed by atoms with Crippen molar-refractivity contribution < 1.29 is 18.4 Å². The maximum atomic E-state index is 12.5. The van der Waals surface area contributed by atoms with Gasteiger partial charge in [-0.15, -0.1) is 0 Å². The van der Waals surface area contributed by atoms with Gasteiger partial charge in [-0.3, -0.25) is 9.59 Å². The van der Waals surface area contributed by atoms with Crippen LogP contribution in [0.1, 0.15) is 44.2 Å². The average molecular weight is 338 g/mol. The van der Waals surface area contributed by atoms with Crippen molar-refractivity contribution in [1.82, 2.24) is 10.2 Å². The summed E-state index contributed by atoms with van der Waals surface area (Å²) in [6.07, 6.45) is -1.47. The number of likely N-dealkylation sites (tertiary alicyclic amines) is 1. The fraction of sp³-hybridized carbons (Fsp3) is 0.556. The second kappa shape index (κ2) is 7.73. The molecule has 1 N–H and O–H groups in total. The molecule has 4 nitrogen and oxygen atoms in total. The summed E-state index contributed by atoms with van der Waals surface area (Å²) in [5, 5.41) is 2.72. The van der Waals surface area contributed by atoms with Gasteiger partial charge in [0.15, 0.2) is 0 Å². The summed E-state index contributed by atoms with van der Waals surface area (Å²) in [6.45, 7) is 4.67. The number of carbonyl (C=O) groups is 2. The number of nitrogens with zero attached hydrogens (tertiary/aromatic N) is 1. The largest absolute Gasteiger partial charge is 0.352 e. The second-order valence-electron chi connectivity index (χ2n) is 6.90. The van der Waals surface area contributed by atoms with E-state index in [0.29, 0.717) is 13.0 Å². The summed E-state index contributed by atoms with van der Waals surface area (Å²) in [6, 6.07) is 7.63. The third-order valence-electron chi connectivity index (χ3n) is 4.27. The lowest BCUT2D eigenvalue weighted by atomic mass is 9.88.